The van der Waals surface area contributed by atoms with E-state index in [0.717, 1.165) is 28.2 Å². The topological polar surface area (TPSA) is 50.9 Å². The number of nitrogens with one attached hydrogen (secondary N) is 1. The molecule has 0 spiro atoms. The zero-order valence-electron chi connectivity index (χ0n) is 11.4. The van der Waals surface area contributed by atoms with Gasteiger partial charge in [0, 0.05) is 23.3 Å². The lowest BCUT2D eigenvalue weighted by Crippen LogP contribution is -2.24. The highest BCUT2D eigenvalue weighted by Crippen LogP contribution is 2.31. The molecule has 19 heavy (non-hydrogen) atoms. The Balaban J connectivity index is 1.90. The highest BCUT2D eigenvalue weighted by Gasteiger charge is 2.21. The van der Waals surface area contributed by atoms with Crippen molar-refractivity contribution in [3.8, 4) is 0 Å². The Labute approximate surface area is 114 Å². The van der Waals surface area contributed by atoms with Crippen LogP contribution in [0.4, 0.5) is 11.4 Å². The van der Waals surface area contributed by atoms with Gasteiger partial charge in [-0.1, -0.05) is 12.8 Å². The SMILES string of the molecule is CC(Nc1ccc(N)c2cccnc12)C1CCCC1. The molecule has 3 nitrogen and oxygen atoms in total. The van der Waals surface area contributed by atoms with Crippen LogP contribution in [0.3, 0.4) is 0 Å². The van der Waals surface area contributed by atoms with Gasteiger partial charge in [-0.05, 0) is 49.9 Å². The fourth-order valence-electron chi connectivity index (χ4n) is 3.13. The summed E-state index contributed by atoms with van der Waals surface area (Å²) in [6, 6.07) is 8.48. The predicted molar refractivity (Wildman–Crippen MR) is 81.2 cm³/mol. The zero-order valence-corrected chi connectivity index (χ0v) is 11.4. The Morgan fingerprint density at radius 2 is 2.05 bits per heavy atom. The number of nitrogens with two attached hydrogens (primary N) is 1. The van der Waals surface area contributed by atoms with E-state index in [0.29, 0.717) is 6.04 Å². The average Bonchev–Trinajstić information content (AvgIpc) is 2.96. The molecule has 3 heteroatoms. The molecule has 0 saturated heterocycles. The summed E-state index contributed by atoms with van der Waals surface area (Å²) < 4.78 is 0. The maximum atomic E-state index is 6.01. The minimum Gasteiger partial charge on any atom is -0.398 e. The van der Waals surface area contributed by atoms with Crippen molar-refractivity contribution in [3.05, 3.63) is 30.5 Å². The number of pyridine rings is 1. The fourth-order valence-corrected chi connectivity index (χ4v) is 3.13. The minimum atomic E-state index is 0.497. The molecule has 3 N–H and O–H groups in total. The van der Waals surface area contributed by atoms with Gasteiger partial charge < -0.3 is 11.1 Å². The maximum absolute atomic E-state index is 6.01. The summed E-state index contributed by atoms with van der Waals surface area (Å²) in [6.45, 7) is 2.28. The number of nitrogen functional groups attached to an aromatic ring is 1. The molecule has 2 aromatic rings. The summed E-state index contributed by atoms with van der Waals surface area (Å²) in [5.74, 6) is 0.788. The number of hydrogen-bond donors (Lipinski definition) is 2. The van der Waals surface area contributed by atoms with Crippen molar-refractivity contribution in [3.63, 3.8) is 0 Å². The molecule has 0 amide bonds. The third kappa shape index (κ3) is 2.37. The van der Waals surface area contributed by atoms with Crippen LogP contribution >= 0.6 is 0 Å². The smallest absolute Gasteiger partial charge is 0.0953 e. The van der Waals surface area contributed by atoms with Crippen LogP contribution in [0.1, 0.15) is 32.6 Å². The van der Waals surface area contributed by atoms with Crippen LogP contribution in [-0.2, 0) is 0 Å². The zero-order chi connectivity index (χ0) is 13.2. The molecule has 1 aliphatic rings. The summed E-state index contributed by atoms with van der Waals surface area (Å²) in [4.78, 5) is 4.48. The van der Waals surface area contributed by atoms with E-state index >= 15 is 0 Å². The second-order valence-corrected chi connectivity index (χ2v) is 5.58. The fraction of sp³-hybridized carbons (Fsp3) is 0.438. The normalized spacial score (nSPS) is 17.7. The molecule has 1 fully saturated rings. The summed E-state index contributed by atoms with van der Waals surface area (Å²) in [6.07, 6.45) is 7.25. The Morgan fingerprint density at radius 1 is 1.26 bits per heavy atom. The van der Waals surface area contributed by atoms with Crippen molar-refractivity contribution in [2.45, 2.75) is 38.6 Å². The first-order valence-electron chi connectivity index (χ1n) is 7.15. The molecule has 1 aromatic heterocycles. The van der Waals surface area contributed by atoms with Crippen LogP contribution in [0.25, 0.3) is 10.9 Å². The lowest BCUT2D eigenvalue weighted by atomic mass is 9.99. The molecular weight excluding hydrogens is 234 g/mol. The molecule has 0 radical (unpaired) electrons. The molecular formula is C16H21N3. The molecule has 3 rings (SSSR count). The standard InChI is InChI=1S/C16H21N3/c1-11(12-5-2-3-6-12)19-15-9-8-14(17)13-7-4-10-18-16(13)15/h4,7-12,19H,2-3,5-6,17H2,1H3. The van der Waals surface area contributed by atoms with Gasteiger partial charge in [0.2, 0.25) is 0 Å². The number of nitrogens with zero attached hydrogens (tertiary/aromatic N) is 1. The van der Waals surface area contributed by atoms with Gasteiger partial charge in [0.1, 0.15) is 0 Å². The van der Waals surface area contributed by atoms with E-state index in [9.17, 15) is 0 Å². The van der Waals surface area contributed by atoms with Crippen molar-refractivity contribution in [2.24, 2.45) is 5.92 Å². The molecule has 0 bridgehead atoms. The van der Waals surface area contributed by atoms with Gasteiger partial charge >= 0.3 is 0 Å². The number of rotatable bonds is 3. The van der Waals surface area contributed by atoms with E-state index in [1.807, 2.05) is 24.4 Å². The monoisotopic (exact) mass is 255 g/mol. The predicted octanol–water partition coefficient (Wildman–Crippen LogP) is 3.81. The van der Waals surface area contributed by atoms with Gasteiger partial charge in [0.05, 0.1) is 11.2 Å². The molecule has 0 aliphatic heterocycles. The number of aromatic nitrogens is 1. The quantitative estimate of drug-likeness (QED) is 0.820. The van der Waals surface area contributed by atoms with Gasteiger partial charge in [0.25, 0.3) is 0 Å². The molecule has 1 aromatic carbocycles. The van der Waals surface area contributed by atoms with Crippen molar-refractivity contribution in [1.82, 2.24) is 4.98 Å². The Kier molecular flexibility index (Phi) is 3.28. The Bertz CT molecular complexity index is 573. The number of hydrogen-bond acceptors (Lipinski definition) is 3. The van der Waals surface area contributed by atoms with Crippen LogP contribution in [0.2, 0.25) is 0 Å². The maximum Gasteiger partial charge on any atom is 0.0953 e. The number of fused-ring (bicyclic) bond motifs is 1. The Morgan fingerprint density at radius 3 is 2.84 bits per heavy atom. The summed E-state index contributed by atoms with van der Waals surface area (Å²) in [7, 11) is 0. The molecule has 1 heterocycles. The van der Waals surface area contributed by atoms with Gasteiger partial charge in [-0.15, -0.1) is 0 Å². The van der Waals surface area contributed by atoms with Gasteiger partial charge in [-0.2, -0.15) is 0 Å². The van der Waals surface area contributed by atoms with Gasteiger partial charge in [0.15, 0.2) is 0 Å². The highest BCUT2D eigenvalue weighted by molar-refractivity contribution is 5.98. The summed E-state index contributed by atoms with van der Waals surface area (Å²) >= 11 is 0. The summed E-state index contributed by atoms with van der Waals surface area (Å²) in [5.41, 5.74) is 8.88. The first-order chi connectivity index (χ1) is 9.25. The molecule has 1 aliphatic carbocycles. The third-order valence-corrected chi connectivity index (χ3v) is 4.29. The highest BCUT2D eigenvalue weighted by atomic mass is 14.9. The van der Waals surface area contributed by atoms with E-state index in [1.165, 1.54) is 25.7 Å². The van der Waals surface area contributed by atoms with Crippen LogP contribution < -0.4 is 11.1 Å². The first kappa shape index (κ1) is 12.3. The lowest BCUT2D eigenvalue weighted by molar-refractivity contribution is 0.482. The summed E-state index contributed by atoms with van der Waals surface area (Å²) in [5, 5.41) is 4.67. The van der Waals surface area contributed by atoms with E-state index in [-0.39, 0.29) is 0 Å². The average molecular weight is 255 g/mol. The van der Waals surface area contributed by atoms with E-state index in [1.54, 1.807) is 0 Å². The van der Waals surface area contributed by atoms with E-state index in [2.05, 4.69) is 23.3 Å². The van der Waals surface area contributed by atoms with Gasteiger partial charge in [-0.3, -0.25) is 4.98 Å². The largest absolute Gasteiger partial charge is 0.398 e. The molecule has 1 atom stereocenters. The second-order valence-electron chi connectivity index (χ2n) is 5.58. The van der Waals surface area contributed by atoms with Crippen molar-refractivity contribution in [1.29, 1.82) is 0 Å². The Hall–Kier alpha value is -1.77. The van der Waals surface area contributed by atoms with E-state index in [4.69, 9.17) is 5.73 Å². The van der Waals surface area contributed by atoms with E-state index < -0.39 is 0 Å². The van der Waals surface area contributed by atoms with Crippen LogP contribution in [-0.4, -0.2) is 11.0 Å². The molecule has 1 unspecified atom stereocenters. The van der Waals surface area contributed by atoms with Crippen LogP contribution in [0.5, 0.6) is 0 Å². The van der Waals surface area contributed by atoms with Crippen molar-refractivity contribution >= 4 is 22.3 Å². The van der Waals surface area contributed by atoms with Crippen LogP contribution in [0.15, 0.2) is 30.5 Å². The molecule has 100 valence electrons. The van der Waals surface area contributed by atoms with Crippen molar-refractivity contribution < 1.29 is 0 Å². The lowest BCUT2D eigenvalue weighted by Gasteiger charge is -2.22. The number of anilines is 2. The second kappa shape index (κ2) is 5.08. The van der Waals surface area contributed by atoms with Gasteiger partial charge in [-0.25, -0.2) is 0 Å². The third-order valence-electron chi connectivity index (χ3n) is 4.29. The van der Waals surface area contributed by atoms with Crippen LogP contribution in [0, 0.1) is 5.92 Å². The minimum absolute atomic E-state index is 0.497. The molecule has 1 saturated carbocycles. The number of benzene rings is 1. The van der Waals surface area contributed by atoms with Crippen molar-refractivity contribution in [2.75, 3.05) is 11.1 Å². The first-order valence-corrected chi connectivity index (χ1v) is 7.15.